The van der Waals surface area contributed by atoms with Crippen LogP contribution >= 0.6 is 15.9 Å². The first kappa shape index (κ1) is 14.3. The highest BCUT2D eigenvalue weighted by Crippen LogP contribution is 2.27. The predicted molar refractivity (Wildman–Crippen MR) is 75.9 cm³/mol. The van der Waals surface area contributed by atoms with Crippen molar-refractivity contribution < 1.29 is 9.53 Å². The quantitative estimate of drug-likeness (QED) is 0.746. The molecule has 3 nitrogen and oxygen atoms in total. The molecular formula is C14H24BrNO2. The van der Waals surface area contributed by atoms with Crippen molar-refractivity contribution in [3.63, 3.8) is 0 Å². The molecule has 0 aromatic heterocycles. The van der Waals surface area contributed by atoms with Crippen LogP contribution in [-0.4, -0.2) is 41.4 Å². The molecule has 1 aliphatic heterocycles. The second-order valence-corrected chi connectivity index (χ2v) is 6.36. The van der Waals surface area contributed by atoms with Gasteiger partial charge in [-0.3, -0.25) is 4.79 Å². The van der Waals surface area contributed by atoms with Crippen molar-refractivity contribution in [3.05, 3.63) is 0 Å². The highest BCUT2D eigenvalue weighted by atomic mass is 79.9. The fourth-order valence-electron chi connectivity index (χ4n) is 3.13. The number of carbonyl (C=O) groups excluding carboxylic acids is 1. The van der Waals surface area contributed by atoms with Gasteiger partial charge in [0, 0.05) is 24.5 Å². The van der Waals surface area contributed by atoms with E-state index in [1.54, 1.807) is 0 Å². The Morgan fingerprint density at radius 3 is 2.56 bits per heavy atom. The Morgan fingerprint density at radius 1 is 1.28 bits per heavy atom. The van der Waals surface area contributed by atoms with E-state index < -0.39 is 0 Å². The van der Waals surface area contributed by atoms with Crippen LogP contribution in [0.15, 0.2) is 0 Å². The van der Waals surface area contributed by atoms with Crippen LogP contribution in [0.1, 0.15) is 45.4 Å². The number of amides is 1. The zero-order valence-electron chi connectivity index (χ0n) is 11.2. The summed E-state index contributed by atoms with van der Waals surface area (Å²) in [5, 5.41) is 0.857. The maximum Gasteiger partial charge on any atom is 0.252 e. The maximum atomic E-state index is 12.6. The molecule has 0 N–H and O–H groups in total. The van der Waals surface area contributed by atoms with Crippen LogP contribution in [0.4, 0.5) is 0 Å². The van der Waals surface area contributed by atoms with Gasteiger partial charge in [-0.2, -0.15) is 0 Å². The first-order valence-electron chi connectivity index (χ1n) is 7.22. The Labute approximate surface area is 118 Å². The van der Waals surface area contributed by atoms with Crippen molar-refractivity contribution in [2.75, 3.05) is 18.5 Å². The number of hydrogen-bond acceptors (Lipinski definition) is 2. The second-order valence-electron chi connectivity index (χ2n) is 5.57. The van der Waals surface area contributed by atoms with Gasteiger partial charge in [-0.25, -0.2) is 0 Å². The second kappa shape index (κ2) is 6.90. The molecule has 0 radical (unpaired) electrons. The molecular weight excluding hydrogens is 294 g/mol. The van der Waals surface area contributed by atoms with Gasteiger partial charge >= 0.3 is 0 Å². The summed E-state index contributed by atoms with van der Waals surface area (Å²) >= 11 is 3.47. The van der Waals surface area contributed by atoms with Gasteiger partial charge in [-0.05, 0) is 25.2 Å². The van der Waals surface area contributed by atoms with Crippen molar-refractivity contribution >= 4 is 21.8 Å². The summed E-state index contributed by atoms with van der Waals surface area (Å²) in [5.41, 5.74) is 0. The smallest absolute Gasteiger partial charge is 0.252 e. The van der Waals surface area contributed by atoms with Crippen LogP contribution in [0.5, 0.6) is 0 Å². The third-order valence-electron chi connectivity index (χ3n) is 4.25. The summed E-state index contributed by atoms with van der Waals surface area (Å²) in [6.07, 6.45) is 7.01. The van der Waals surface area contributed by atoms with Gasteiger partial charge in [0.15, 0.2) is 0 Å². The number of nitrogens with zero attached hydrogens (tertiary/aromatic N) is 1. The number of alkyl halides is 1. The Balaban J connectivity index is 2.01. The standard InChI is InChI=1S/C14H24BrNO2/c1-11-7-10-18-13(11)14(17)16(9-8-15)12-5-3-2-4-6-12/h11-13H,2-10H2,1H3. The Hall–Kier alpha value is -0.0900. The van der Waals surface area contributed by atoms with E-state index in [0.717, 1.165) is 24.9 Å². The molecule has 2 unspecified atom stereocenters. The van der Waals surface area contributed by atoms with Crippen molar-refractivity contribution in [3.8, 4) is 0 Å². The third kappa shape index (κ3) is 3.27. The summed E-state index contributed by atoms with van der Waals surface area (Å²) < 4.78 is 5.64. The molecule has 0 spiro atoms. The van der Waals surface area contributed by atoms with E-state index in [1.165, 1.54) is 32.1 Å². The molecule has 1 heterocycles. The largest absolute Gasteiger partial charge is 0.368 e. The number of halogens is 1. The van der Waals surface area contributed by atoms with Crippen molar-refractivity contribution in [2.24, 2.45) is 5.92 Å². The van der Waals surface area contributed by atoms with E-state index >= 15 is 0 Å². The number of rotatable bonds is 4. The van der Waals surface area contributed by atoms with Crippen LogP contribution in [0, 0.1) is 5.92 Å². The van der Waals surface area contributed by atoms with Gasteiger partial charge in [0.1, 0.15) is 6.10 Å². The van der Waals surface area contributed by atoms with E-state index in [0.29, 0.717) is 12.0 Å². The van der Waals surface area contributed by atoms with Crippen molar-refractivity contribution in [1.29, 1.82) is 0 Å². The molecule has 2 fully saturated rings. The fourth-order valence-corrected chi connectivity index (χ4v) is 3.51. The van der Waals surface area contributed by atoms with E-state index in [-0.39, 0.29) is 12.0 Å². The van der Waals surface area contributed by atoms with Crippen LogP contribution in [0.2, 0.25) is 0 Å². The molecule has 18 heavy (non-hydrogen) atoms. The topological polar surface area (TPSA) is 29.5 Å². The van der Waals surface area contributed by atoms with Crippen molar-refractivity contribution in [1.82, 2.24) is 4.90 Å². The van der Waals surface area contributed by atoms with E-state index in [2.05, 4.69) is 27.8 Å². The predicted octanol–water partition coefficient (Wildman–Crippen LogP) is 2.97. The normalized spacial score (nSPS) is 29.4. The van der Waals surface area contributed by atoms with Crippen LogP contribution in [0.25, 0.3) is 0 Å². The summed E-state index contributed by atoms with van der Waals surface area (Å²) in [4.78, 5) is 14.7. The van der Waals surface area contributed by atoms with Crippen molar-refractivity contribution in [2.45, 2.75) is 57.6 Å². The molecule has 0 aromatic rings. The van der Waals surface area contributed by atoms with Gasteiger partial charge in [0.05, 0.1) is 0 Å². The maximum absolute atomic E-state index is 12.6. The lowest BCUT2D eigenvalue weighted by atomic mass is 9.93. The summed E-state index contributed by atoms with van der Waals surface area (Å²) in [6.45, 7) is 3.68. The third-order valence-corrected chi connectivity index (χ3v) is 4.61. The first-order valence-corrected chi connectivity index (χ1v) is 8.34. The minimum Gasteiger partial charge on any atom is -0.368 e. The van der Waals surface area contributed by atoms with Gasteiger partial charge in [0.25, 0.3) is 5.91 Å². The van der Waals surface area contributed by atoms with Gasteiger partial charge in [0.2, 0.25) is 0 Å². The minimum absolute atomic E-state index is 0.189. The summed E-state index contributed by atoms with van der Waals surface area (Å²) in [6, 6.07) is 0.445. The molecule has 1 saturated heterocycles. The van der Waals surface area contributed by atoms with E-state index in [1.807, 2.05) is 0 Å². The lowest BCUT2D eigenvalue weighted by molar-refractivity contribution is -0.145. The average molecular weight is 318 g/mol. The Kier molecular flexibility index (Phi) is 5.49. The van der Waals surface area contributed by atoms with Crippen LogP contribution < -0.4 is 0 Å². The van der Waals surface area contributed by atoms with Crippen LogP contribution in [-0.2, 0) is 9.53 Å². The summed E-state index contributed by atoms with van der Waals surface area (Å²) in [5.74, 6) is 0.602. The van der Waals surface area contributed by atoms with Gasteiger partial charge in [-0.15, -0.1) is 0 Å². The molecule has 1 aliphatic carbocycles. The summed E-state index contributed by atoms with van der Waals surface area (Å²) in [7, 11) is 0. The van der Waals surface area contributed by atoms with E-state index in [4.69, 9.17) is 4.74 Å². The highest BCUT2D eigenvalue weighted by Gasteiger charge is 2.36. The minimum atomic E-state index is -0.189. The average Bonchev–Trinajstić information content (AvgIpc) is 2.82. The Bertz CT molecular complexity index is 279. The molecule has 104 valence electrons. The molecule has 2 rings (SSSR count). The number of carbonyl (C=O) groups is 1. The molecule has 1 saturated carbocycles. The van der Waals surface area contributed by atoms with E-state index in [9.17, 15) is 4.79 Å². The van der Waals surface area contributed by atoms with Gasteiger partial charge < -0.3 is 9.64 Å². The molecule has 2 aliphatic rings. The lowest BCUT2D eigenvalue weighted by Crippen LogP contribution is -2.48. The number of ether oxygens (including phenoxy) is 1. The highest BCUT2D eigenvalue weighted by molar-refractivity contribution is 9.09. The molecule has 1 amide bonds. The number of hydrogen-bond donors (Lipinski definition) is 0. The molecule has 0 bridgehead atoms. The monoisotopic (exact) mass is 317 g/mol. The SMILES string of the molecule is CC1CCOC1C(=O)N(CCBr)C1CCCCC1. The Morgan fingerprint density at radius 2 is 2.00 bits per heavy atom. The molecule has 4 heteroatoms. The zero-order valence-corrected chi connectivity index (χ0v) is 12.8. The zero-order chi connectivity index (χ0) is 13.0. The fraction of sp³-hybridized carbons (Fsp3) is 0.929. The first-order chi connectivity index (χ1) is 8.74. The molecule has 0 aromatic carbocycles. The lowest BCUT2D eigenvalue weighted by Gasteiger charge is -2.36. The van der Waals surface area contributed by atoms with Gasteiger partial charge in [-0.1, -0.05) is 42.1 Å². The van der Waals surface area contributed by atoms with Crippen LogP contribution in [0.3, 0.4) is 0 Å². The molecule has 2 atom stereocenters.